The number of aliphatic hydroxyl groups is 1. The lowest BCUT2D eigenvalue weighted by molar-refractivity contribution is -0.123. The van der Waals surface area contributed by atoms with Gasteiger partial charge in [0.1, 0.15) is 12.1 Å². The minimum absolute atomic E-state index is 0.132. The highest BCUT2D eigenvalue weighted by molar-refractivity contribution is 7.08. The Kier molecular flexibility index (Phi) is 3.96. The van der Waals surface area contributed by atoms with E-state index in [-0.39, 0.29) is 19.0 Å². The van der Waals surface area contributed by atoms with Crippen LogP contribution in [0, 0.1) is 0 Å². The van der Waals surface area contributed by atoms with E-state index >= 15 is 0 Å². The van der Waals surface area contributed by atoms with Gasteiger partial charge in [-0.25, -0.2) is 0 Å². The number of aromatic nitrogens is 2. The van der Waals surface area contributed by atoms with Crippen LogP contribution in [-0.4, -0.2) is 27.3 Å². The van der Waals surface area contributed by atoms with E-state index in [0.29, 0.717) is 0 Å². The standard InChI is InChI=1S/C16H17N3O2S/c1-16(21,13-6-7-22-10-13)11-17-15(20)9-19-14-5-3-2-4-12(14)8-18-19/h2-8,10,21H,9,11H2,1H3,(H,17,20). The Balaban J connectivity index is 1.63. The lowest BCUT2D eigenvalue weighted by atomic mass is 9.99. The first-order valence-electron chi connectivity index (χ1n) is 6.98. The zero-order valence-electron chi connectivity index (χ0n) is 12.2. The molecule has 3 rings (SSSR count). The van der Waals surface area contributed by atoms with E-state index in [1.54, 1.807) is 17.8 Å². The summed E-state index contributed by atoms with van der Waals surface area (Å²) in [6.07, 6.45) is 1.74. The van der Waals surface area contributed by atoms with Crippen LogP contribution in [0.15, 0.2) is 47.3 Å². The molecule has 1 unspecified atom stereocenters. The van der Waals surface area contributed by atoms with Gasteiger partial charge in [-0.3, -0.25) is 9.48 Å². The average molecular weight is 315 g/mol. The zero-order valence-corrected chi connectivity index (χ0v) is 13.0. The molecule has 0 spiro atoms. The van der Waals surface area contributed by atoms with Gasteiger partial charge in [0.05, 0.1) is 18.3 Å². The van der Waals surface area contributed by atoms with Crippen molar-refractivity contribution in [3.63, 3.8) is 0 Å². The predicted molar refractivity (Wildman–Crippen MR) is 86.6 cm³/mol. The Morgan fingerprint density at radius 2 is 2.23 bits per heavy atom. The van der Waals surface area contributed by atoms with Crippen LogP contribution in [0.2, 0.25) is 0 Å². The molecule has 2 N–H and O–H groups in total. The summed E-state index contributed by atoms with van der Waals surface area (Å²) >= 11 is 1.52. The number of hydrogen-bond acceptors (Lipinski definition) is 4. The van der Waals surface area contributed by atoms with Gasteiger partial charge in [0.15, 0.2) is 0 Å². The number of para-hydroxylation sites is 1. The second kappa shape index (κ2) is 5.90. The minimum Gasteiger partial charge on any atom is -0.384 e. The largest absolute Gasteiger partial charge is 0.384 e. The van der Waals surface area contributed by atoms with Gasteiger partial charge in [-0.15, -0.1) is 0 Å². The molecule has 0 fully saturated rings. The van der Waals surface area contributed by atoms with Crippen LogP contribution in [0.3, 0.4) is 0 Å². The van der Waals surface area contributed by atoms with Crippen molar-refractivity contribution >= 4 is 28.1 Å². The Morgan fingerprint density at radius 1 is 1.41 bits per heavy atom. The maximum atomic E-state index is 12.1. The Labute approximate surface area is 132 Å². The van der Waals surface area contributed by atoms with Gasteiger partial charge in [-0.2, -0.15) is 16.4 Å². The monoisotopic (exact) mass is 315 g/mol. The van der Waals surface area contributed by atoms with Crippen LogP contribution in [-0.2, 0) is 16.9 Å². The molecular weight excluding hydrogens is 298 g/mol. The predicted octanol–water partition coefficient (Wildman–Crippen LogP) is 2.12. The molecule has 0 aliphatic carbocycles. The first kappa shape index (κ1) is 14.7. The van der Waals surface area contributed by atoms with Crippen LogP contribution < -0.4 is 5.32 Å². The normalized spacial score (nSPS) is 13.9. The van der Waals surface area contributed by atoms with E-state index < -0.39 is 5.60 Å². The van der Waals surface area contributed by atoms with Crippen LogP contribution in [0.4, 0.5) is 0 Å². The maximum absolute atomic E-state index is 12.1. The van der Waals surface area contributed by atoms with E-state index in [1.807, 2.05) is 41.1 Å². The first-order chi connectivity index (χ1) is 10.6. The van der Waals surface area contributed by atoms with Gasteiger partial charge >= 0.3 is 0 Å². The maximum Gasteiger partial charge on any atom is 0.241 e. The topological polar surface area (TPSA) is 67.2 Å². The number of benzene rings is 1. The highest BCUT2D eigenvalue weighted by atomic mass is 32.1. The molecule has 0 saturated carbocycles. The minimum atomic E-state index is -1.07. The summed E-state index contributed by atoms with van der Waals surface area (Å²) in [5.74, 6) is -0.177. The molecule has 0 aliphatic heterocycles. The Hall–Kier alpha value is -2.18. The van der Waals surface area contributed by atoms with Crippen molar-refractivity contribution in [1.29, 1.82) is 0 Å². The van der Waals surface area contributed by atoms with E-state index in [2.05, 4.69) is 10.4 Å². The fourth-order valence-corrected chi connectivity index (χ4v) is 3.07. The molecule has 0 saturated heterocycles. The molecule has 2 aromatic heterocycles. The van der Waals surface area contributed by atoms with E-state index in [1.165, 1.54) is 11.3 Å². The molecule has 1 amide bonds. The fourth-order valence-electron chi connectivity index (χ4n) is 2.29. The number of carbonyl (C=O) groups is 1. The number of fused-ring (bicyclic) bond motifs is 1. The molecule has 6 heteroatoms. The van der Waals surface area contributed by atoms with Gasteiger partial charge in [0.25, 0.3) is 0 Å². The van der Waals surface area contributed by atoms with Gasteiger partial charge in [0.2, 0.25) is 5.91 Å². The zero-order chi connectivity index (χ0) is 15.6. The summed E-state index contributed by atoms with van der Waals surface area (Å²) in [4.78, 5) is 12.1. The van der Waals surface area contributed by atoms with Gasteiger partial charge in [-0.05, 0) is 35.4 Å². The number of nitrogens with zero attached hydrogens (tertiary/aromatic N) is 2. The second-order valence-corrected chi connectivity index (χ2v) is 6.20. The van der Waals surface area contributed by atoms with E-state index in [4.69, 9.17) is 0 Å². The first-order valence-corrected chi connectivity index (χ1v) is 7.93. The van der Waals surface area contributed by atoms with Crippen LogP contribution in [0.1, 0.15) is 12.5 Å². The Morgan fingerprint density at radius 3 is 3.00 bits per heavy atom. The highest BCUT2D eigenvalue weighted by Crippen LogP contribution is 2.22. The SMILES string of the molecule is CC(O)(CNC(=O)Cn1ncc2ccccc21)c1ccsc1. The molecule has 22 heavy (non-hydrogen) atoms. The number of nitrogens with one attached hydrogen (secondary N) is 1. The smallest absolute Gasteiger partial charge is 0.241 e. The molecule has 2 heterocycles. The highest BCUT2D eigenvalue weighted by Gasteiger charge is 2.24. The lowest BCUT2D eigenvalue weighted by Crippen LogP contribution is -2.39. The van der Waals surface area contributed by atoms with Crippen LogP contribution in [0.5, 0.6) is 0 Å². The van der Waals surface area contributed by atoms with Crippen molar-refractivity contribution in [1.82, 2.24) is 15.1 Å². The van der Waals surface area contributed by atoms with E-state index in [9.17, 15) is 9.90 Å². The molecule has 1 aromatic carbocycles. The molecule has 0 radical (unpaired) electrons. The summed E-state index contributed by atoms with van der Waals surface area (Å²) in [5.41, 5.74) is 0.659. The molecular formula is C16H17N3O2S. The van der Waals surface area contributed by atoms with Crippen molar-refractivity contribution < 1.29 is 9.90 Å². The molecule has 0 bridgehead atoms. The second-order valence-electron chi connectivity index (χ2n) is 5.42. The summed E-state index contributed by atoms with van der Waals surface area (Å²) in [7, 11) is 0. The quantitative estimate of drug-likeness (QED) is 0.758. The molecule has 3 aromatic rings. The van der Waals surface area contributed by atoms with Crippen LogP contribution >= 0.6 is 11.3 Å². The van der Waals surface area contributed by atoms with Crippen molar-refractivity contribution in [2.45, 2.75) is 19.1 Å². The number of thiophene rings is 1. The third-order valence-corrected chi connectivity index (χ3v) is 4.30. The van der Waals surface area contributed by atoms with Gasteiger partial charge in [-0.1, -0.05) is 18.2 Å². The molecule has 1 atom stereocenters. The number of rotatable bonds is 5. The summed E-state index contributed by atoms with van der Waals surface area (Å²) in [6.45, 7) is 1.99. The van der Waals surface area contributed by atoms with Crippen molar-refractivity contribution in [3.8, 4) is 0 Å². The van der Waals surface area contributed by atoms with E-state index in [0.717, 1.165) is 16.5 Å². The summed E-state index contributed by atoms with van der Waals surface area (Å²) in [5, 5.41) is 22.2. The number of amides is 1. The number of hydrogen-bond donors (Lipinski definition) is 2. The summed E-state index contributed by atoms with van der Waals surface area (Å²) < 4.78 is 1.66. The average Bonchev–Trinajstić information content (AvgIpc) is 3.16. The van der Waals surface area contributed by atoms with Crippen molar-refractivity contribution in [2.75, 3.05) is 6.54 Å². The van der Waals surface area contributed by atoms with Gasteiger partial charge < -0.3 is 10.4 Å². The van der Waals surface area contributed by atoms with Crippen LogP contribution in [0.25, 0.3) is 10.9 Å². The summed E-state index contributed by atoms with van der Waals surface area (Å²) in [6, 6.07) is 9.60. The van der Waals surface area contributed by atoms with Crippen molar-refractivity contribution in [2.24, 2.45) is 0 Å². The van der Waals surface area contributed by atoms with Gasteiger partial charge in [0, 0.05) is 5.39 Å². The Bertz CT molecular complexity index is 778. The lowest BCUT2D eigenvalue weighted by Gasteiger charge is -2.22. The molecule has 0 aliphatic rings. The fraction of sp³-hybridized carbons (Fsp3) is 0.250. The third kappa shape index (κ3) is 3.03. The van der Waals surface area contributed by atoms with Crippen molar-refractivity contribution in [3.05, 3.63) is 52.9 Å². The molecule has 5 nitrogen and oxygen atoms in total. The molecule has 114 valence electrons. The third-order valence-electron chi connectivity index (χ3n) is 3.62. The number of carbonyl (C=O) groups excluding carboxylic acids is 1.